The van der Waals surface area contributed by atoms with Gasteiger partial charge in [0.15, 0.2) is 11.5 Å². The summed E-state index contributed by atoms with van der Waals surface area (Å²) in [5.41, 5.74) is 6.38. The zero-order valence-electron chi connectivity index (χ0n) is 11.1. The molecule has 0 aliphatic heterocycles. The minimum atomic E-state index is 0.357. The van der Waals surface area contributed by atoms with Crippen LogP contribution in [0, 0.1) is 0 Å². The molecule has 100 valence electrons. The number of likely N-dealkylation sites (N-methyl/N-ethyl adjacent to an activating group) is 1. The quantitative estimate of drug-likeness (QED) is 0.762. The molecule has 0 spiro atoms. The van der Waals surface area contributed by atoms with Crippen molar-refractivity contribution in [3.05, 3.63) is 23.8 Å². The second-order valence-corrected chi connectivity index (χ2v) is 4.55. The fourth-order valence-corrected chi connectivity index (χ4v) is 1.51. The lowest BCUT2D eigenvalue weighted by atomic mass is 10.2. The lowest BCUT2D eigenvalue weighted by Crippen LogP contribution is -2.19. The van der Waals surface area contributed by atoms with Gasteiger partial charge in [0.05, 0.1) is 6.61 Å². The van der Waals surface area contributed by atoms with Gasteiger partial charge in [-0.2, -0.15) is 0 Å². The second-order valence-electron chi connectivity index (χ2n) is 4.11. The lowest BCUT2D eigenvalue weighted by Gasteiger charge is -2.15. The molecule has 2 N–H and O–H groups in total. The summed E-state index contributed by atoms with van der Waals surface area (Å²) in [4.78, 5) is 2.42. The third-order valence-corrected chi connectivity index (χ3v) is 2.56. The summed E-state index contributed by atoms with van der Waals surface area (Å²) in [6.45, 7) is 3.96. The largest absolute Gasteiger partial charge is 0.490 e. The second kappa shape index (κ2) is 7.18. The van der Waals surface area contributed by atoms with Crippen LogP contribution in [0.5, 0.6) is 11.5 Å². The van der Waals surface area contributed by atoms with E-state index in [0.717, 1.165) is 17.9 Å². The van der Waals surface area contributed by atoms with E-state index in [1.54, 1.807) is 0 Å². The van der Waals surface area contributed by atoms with E-state index in [-0.39, 0.29) is 0 Å². The van der Waals surface area contributed by atoms with Gasteiger partial charge in [0.1, 0.15) is 11.6 Å². The molecule has 0 heterocycles. The Labute approximate surface area is 114 Å². The van der Waals surface area contributed by atoms with E-state index in [2.05, 4.69) is 4.90 Å². The number of thiocarbonyl (C=S) groups is 1. The Balaban J connectivity index is 2.79. The van der Waals surface area contributed by atoms with Gasteiger partial charge in [-0.1, -0.05) is 12.2 Å². The van der Waals surface area contributed by atoms with Crippen LogP contribution < -0.4 is 15.2 Å². The Morgan fingerprint density at radius 1 is 1.28 bits per heavy atom. The van der Waals surface area contributed by atoms with Gasteiger partial charge >= 0.3 is 0 Å². The van der Waals surface area contributed by atoms with E-state index in [1.807, 2.05) is 39.2 Å². The first-order valence-electron chi connectivity index (χ1n) is 5.88. The molecular weight excluding hydrogens is 248 g/mol. The van der Waals surface area contributed by atoms with Crippen LogP contribution in [-0.2, 0) is 0 Å². The number of ether oxygens (including phenoxy) is 2. The molecule has 0 amide bonds. The van der Waals surface area contributed by atoms with Crippen molar-refractivity contribution < 1.29 is 9.47 Å². The number of rotatable bonds is 7. The van der Waals surface area contributed by atoms with Crippen molar-refractivity contribution in [2.24, 2.45) is 5.73 Å². The summed E-state index contributed by atoms with van der Waals surface area (Å²) in [6.07, 6.45) is 0. The average Bonchev–Trinajstić information content (AvgIpc) is 2.30. The minimum absolute atomic E-state index is 0.357. The number of nitrogens with zero attached hydrogens (tertiary/aromatic N) is 1. The predicted molar refractivity (Wildman–Crippen MR) is 77.5 cm³/mol. The standard InChI is InChI=1S/C13H20N2O2S/c1-4-16-12-9-10(13(14)18)5-6-11(12)17-8-7-15(2)3/h5-6,9H,4,7-8H2,1-3H3,(H2,14,18). The van der Waals surface area contributed by atoms with Gasteiger partial charge in [0.25, 0.3) is 0 Å². The maximum absolute atomic E-state index is 5.68. The molecular formula is C13H20N2O2S. The van der Waals surface area contributed by atoms with E-state index in [0.29, 0.717) is 24.0 Å². The molecule has 1 aromatic rings. The van der Waals surface area contributed by atoms with Crippen molar-refractivity contribution in [2.75, 3.05) is 33.9 Å². The summed E-state index contributed by atoms with van der Waals surface area (Å²) in [5, 5.41) is 0. The highest BCUT2D eigenvalue weighted by Gasteiger charge is 2.08. The van der Waals surface area contributed by atoms with Gasteiger partial charge in [0, 0.05) is 12.1 Å². The molecule has 0 saturated carbocycles. The average molecular weight is 268 g/mol. The molecule has 0 atom stereocenters. The van der Waals surface area contributed by atoms with Crippen molar-refractivity contribution in [3.63, 3.8) is 0 Å². The van der Waals surface area contributed by atoms with Crippen LogP contribution in [0.1, 0.15) is 12.5 Å². The van der Waals surface area contributed by atoms with E-state index < -0.39 is 0 Å². The monoisotopic (exact) mass is 268 g/mol. The molecule has 0 aromatic heterocycles. The highest BCUT2D eigenvalue weighted by atomic mass is 32.1. The molecule has 0 aliphatic carbocycles. The van der Waals surface area contributed by atoms with Crippen LogP contribution >= 0.6 is 12.2 Å². The van der Waals surface area contributed by atoms with Crippen LogP contribution in [-0.4, -0.2) is 43.7 Å². The Morgan fingerprint density at radius 2 is 2.00 bits per heavy atom. The number of nitrogens with two attached hydrogens (primary N) is 1. The van der Waals surface area contributed by atoms with Gasteiger partial charge in [0.2, 0.25) is 0 Å². The van der Waals surface area contributed by atoms with Gasteiger partial charge in [-0.15, -0.1) is 0 Å². The zero-order valence-corrected chi connectivity index (χ0v) is 11.9. The van der Waals surface area contributed by atoms with E-state index in [4.69, 9.17) is 27.4 Å². The van der Waals surface area contributed by atoms with E-state index in [1.165, 1.54) is 0 Å². The fourth-order valence-electron chi connectivity index (χ4n) is 1.39. The van der Waals surface area contributed by atoms with Crippen molar-refractivity contribution in [1.82, 2.24) is 4.90 Å². The summed E-state index contributed by atoms with van der Waals surface area (Å²) in [5.74, 6) is 1.40. The summed E-state index contributed by atoms with van der Waals surface area (Å²) >= 11 is 4.95. The first kappa shape index (κ1) is 14.7. The summed E-state index contributed by atoms with van der Waals surface area (Å²) in [7, 11) is 4.01. The molecule has 0 bridgehead atoms. The predicted octanol–water partition coefficient (Wildman–Crippen LogP) is 1.66. The van der Waals surface area contributed by atoms with Crippen molar-refractivity contribution in [3.8, 4) is 11.5 Å². The van der Waals surface area contributed by atoms with Crippen molar-refractivity contribution in [2.45, 2.75) is 6.92 Å². The molecule has 4 nitrogen and oxygen atoms in total. The number of hydrogen-bond acceptors (Lipinski definition) is 4. The van der Waals surface area contributed by atoms with Crippen LogP contribution in [0.25, 0.3) is 0 Å². The minimum Gasteiger partial charge on any atom is -0.490 e. The smallest absolute Gasteiger partial charge is 0.161 e. The van der Waals surface area contributed by atoms with Crippen LogP contribution in [0.2, 0.25) is 0 Å². The zero-order chi connectivity index (χ0) is 13.5. The normalized spacial score (nSPS) is 10.4. The molecule has 0 radical (unpaired) electrons. The van der Waals surface area contributed by atoms with Crippen molar-refractivity contribution >= 4 is 17.2 Å². The topological polar surface area (TPSA) is 47.7 Å². The van der Waals surface area contributed by atoms with Gasteiger partial charge < -0.3 is 20.1 Å². The first-order chi connectivity index (χ1) is 8.54. The maximum Gasteiger partial charge on any atom is 0.161 e. The highest BCUT2D eigenvalue weighted by Crippen LogP contribution is 2.28. The lowest BCUT2D eigenvalue weighted by molar-refractivity contribution is 0.244. The summed E-state index contributed by atoms with van der Waals surface area (Å²) in [6, 6.07) is 5.50. The molecule has 1 rings (SSSR count). The molecule has 1 aromatic carbocycles. The Hall–Kier alpha value is -1.33. The summed E-state index contributed by atoms with van der Waals surface area (Å²) < 4.78 is 11.2. The third-order valence-electron chi connectivity index (χ3n) is 2.32. The Morgan fingerprint density at radius 3 is 2.56 bits per heavy atom. The van der Waals surface area contributed by atoms with Gasteiger partial charge in [-0.25, -0.2) is 0 Å². The molecule has 0 saturated heterocycles. The SMILES string of the molecule is CCOc1cc(C(N)=S)ccc1OCCN(C)C. The van der Waals surface area contributed by atoms with Crippen molar-refractivity contribution in [1.29, 1.82) is 0 Å². The van der Waals surface area contributed by atoms with E-state index in [9.17, 15) is 0 Å². The molecule has 0 aliphatic rings. The van der Waals surface area contributed by atoms with Crippen LogP contribution in [0.15, 0.2) is 18.2 Å². The molecule has 0 fully saturated rings. The Kier molecular flexibility index (Phi) is 5.88. The van der Waals surface area contributed by atoms with Gasteiger partial charge in [-0.05, 0) is 39.2 Å². The van der Waals surface area contributed by atoms with Gasteiger partial charge in [-0.3, -0.25) is 0 Å². The van der Waals surface area contributed by atoms with Crippen LogP contribution in [0.3, 0.4) is 0 Å². The van der Waals surface area contributed by atoms with Crippen LogP contribution in [0.4, 0.5) is 0 Å². The fraction of sp³-hybridized carbons (Fsp3) is 0.462. The molecule has 18 heavy (non-hydrogen) atoms. The van der Waals surface area contributed by atoms with E-state index >= 15 is 0 Å². The Bertz CT molecular complexity index is 408. The molecule has 0 unspecified atom stereocenters. The first-order valence-corrected chi connectivity index (χ1v) is 6.29. The number of benzene rings is 1. The molecule has 5 heteroatoms. The third kappa shape index (κ3) is 4.50. The number of hydrogen-bond donors (Lipinski definition) is 1. The highest BCUT2D eigenvalue weighted by molar-refractivity contribution is 7.80. The maximum atomic E-state index is 5.68.